The zero-order chi connectivity index (χ0) is 22.8. The van der Waals surface area contributed by atoms with Gasteiger partial charge in [-0.3, -0.25) is 14.9 Å². The van der Waals surface area contributed by atoms with Crippen LogP contribution in [0.25, 0.3) is 0 Å². The van der Waals surface area contributed by atoms with Gasteiger partial charge < -0.3 is 9.64 Å². The van der Waals surface area contributed by atoms with Crippen LogP contribution in [0.2, 0.25) is 0 Å². The highest BCUT2D eigenvalue weighted by atomic mass is 32.2. The topological polar surface area (TPSA) is 98.5 Å². The number of carbonyl (C=O) groups is 1. The number of piperidine rings is 1. The van der Waals surface area contributed by atoms with Gasteiger partial charge in [-0.05, 0) is 19.8 Å². The summed E-state index contributed by atoms with van der Waals surface area (Å²) in [6.45, 7) is 9.56. The third kappa shape index (κ3) is 5.54. The first-order valence-electron chi connectivity index (χ1n) is 10.2. The van der Waals surface area contributed by atoms with Crippen LogP contribution in [-0.4, -0.2) is 51.1 Å². The summed E-state index contributed by atoms with van der Waals surface area (Å²) in [6, 6.07) is 2.81. The summed E-state index contributed by atoms with van der Waals surface area (Å²) in [5.41, 5.74) is 1.03. The van der Waals surface area contributed by atoms with Crippen molar-refractivity contribution >= 4 is 34.7 Å². The number of hydrogen-bond donors (Lipinski definition) is 0. The Morgan fingerprint density at radius 2 is 2.00 bits per heavy atom. The van der Waals surface area contributed by atoms with Gasteiger partial charge in [0.25, 0.3) is 0 Å². The van der Waals surface area contributed by atoms with Crippen LogP contribution in [0.4, 0.5) is 5.69 Å². The first kappa shape index (κ1) is 23.5. The Labute approximate surface area is 190 Å². The predicted molar refractivity (Wildman–Crippen MR) is 122 cm³/mol. The number of carbonyl (C=O) groups excluding carboxylic acids is 1. The molecule has 8 nitrogen and oxygen atoms in total. The summed E-state index contributed by atoms with van der Waals surface area (Å²) < 4.78 is 5.08. The molecule has 2 aromatic rings. The van der Waals surface area contributed by atoms with Crippen molar-refractivity contribution in [2.45, 2.75) is 62.1 Å². The lowest BCUT2D eigenvalue weighted by Crippen LogP contribution is -2.41. The number of hydrogen-bond acceptors (Lipinski definition) is 8. The van der Waals surface area contributed by atoms with Crippen LogP contribution in [-0.2, 0) is 10.2 Å². The molecule has 0 N–H and O–H groups in total. The fourth-order valence-corrected chi connectivity index (χ4v) is 5.61. The number of pyridine rings is 1. The van der Waals surface area contributed by atoms with E-state index in [0.29, 0.717) is 19.0 Å². The average molecular weight is 465 g/mol. The van der Waals surface area contributed by atoms with Crippen LogP contribution in [0.3, 0.4) is 0 Å². The summed E-state index contributed by atoms with van der Waals surface area (Å²) in [5.74, 6) is 0.623. The van der Waals surface area contributed by atoms with Gasteiger partial charge in [-0.2, -0.15) is 4.98 Å². The van der Waals surface area contributed by atoms with Crippen molar-refractivity contribution in [3.8, 4) is 5.88 Å². The lowest BCUT2D eigenvalue weighted by atomic mass is 9.93. The molecular weight excluding hydrogens is 436 g/mol. The van der Waals surface area contributed by atoms with E-state index in [1.807, 2.05) is 4.90 Å². The fraction of sp³-hybridized carbons (Fsp3) is 0.571. The molecule has 10 heteroatoms. The second-order valence-electron chi connectivity index (χ2n) is 8.62. The van der Waals surface area contributed by atoms with Crippen molar-refractivity contribution < 1.29 is 14.5 Å². The third-order valence-corrected chi connectivity index (χ3v) is 7.39. The number of rotatable bonds is 6. The minimum absolute atomic E-state index is 0.0307. The van der Waals surface area contributed by atoms with Crippen molar-refractivity contribution in [2.24, 2.45) is 0 Å². The Kier molecular flexibility index (Phi) is 7.20. The molecule has 1 atom stereocenters. The number of thiazole rings is 1. The number of ether oxygens (including phenoxy) is 1. The molecule has 0 radical (unpaired) electrons. The minimum atomic E-state index is -0.489. The predicted octanol–water partition coefficient (Wildman–Crippen LogP) is 4.64. The maximum absolute atomic E-state index is 13.0. The first-order chi connectivity index (χ1) is 14.6. The van der Waals surface area contributed by atoms with Gasteiger partial charge in [-0.15, -0.1) is 11.3 Å². The van der Waals surface area contributed by atoms with E-state index >= 15 is 0 Å². The fourth-order valence-electron chi connectivity index (χ4n) is 3.40. The van der Waals surface area contributed by atoms with E-state index in [1.165, 1.54) is 19.2 Å². The van der Waals surface area contributed by atoms with Crippen molar-refractivity contribution in [1.29, 1.82) is 0 Å². The Bertz CT molecular complexity index is 949. The highest BCUT2D eigenvalue weighted by molar-refractivity contribution is 8.00. The Morgan fingerprint density at radius 1 is 1.32 bits per heavy atom. The molecule has 168 valence electrons. The molecule has 1 fully saturated rings. The van der Waals surface area contributed by atoms with Gasteiger partial charge in [0, 0.05) is 41.9 Å². The Morgan fingerprint density at radius 3 is 2.55 bits per heavy atom. The van der Waals surface area contributed by atoms with Gasteiger partial charge in [0.15, 0.2) is 5.03 Å². The molecule has 1 aliphatic rings. The Balaban J connectivity index is 1.62. The highest BCUT2D eigenvalue weighted by Crippen LogP contribution is 2.36. The number of thioether (sulfide) groups is 1. The number of likely N-dealkylation sites (tertiary alicyclic amines) is 1. The molecule has 3 rings (SSSR count). The van der Waals surface area contributed by atoms with E-state index in [9.17, 15) is 14.9 Å². The quantitative estimate of drug-likeness (QED) is 0.349. The molecule has 0 saturated carbocycles. The van der Waals surface area contributed by atoms with Gasteiger partial charge in [0.2, 0.25) is 11.8 Å². The summed E-state index contributed by atoms with van der Waals surface area (Å²) >= 11 is 2.80. The van der Waals surface area contributed by atoms with Crippen LogP contribution in [0.1, 0.15) is 57.2 Å². The second-order valence-corrected chi connectivity index (χ2v) is 10.8. The standard InChI is InChI=1S/C21H28N4O4S2/c1-13(31-19-15(25(27)28)6-7-17(23-19)29-5)20(26)24-10-8-14(9-11-24)18-22-16(12-30-18)21(2,3)4/h6-7,12-14H,8-11H2,1-5H3. The average Bonchev–Trinajstić information content (AvgIpc) is 3.24. The second kappa shape index (κ2) is 9.52. The van der Waals surface area contributed by atoms with Crippen LogP contribution in [0.5, 0.6) is 5.88 Å². The van der Waals surface area contributed by atoms with Gasteiger partial charge in [0.1, 0.15) is 0 Å². The molecule has 1 saturated heterocycles. The highest BCUT2D eigenvalue weighted by Gasteiger charge is 2.31. The summed E-state index contributed by atoms with van der Waals surface area (Å²) in [7, 11) is 1.45. The molecule has 1 unspecified atom stereocenters. The number of nitrogens with zero attached hydrogens (tertiary/aromatic N) is 4. The van der Waals surface area contributed by atoms with E-state index in [-0.39, 0.29) is 27.9 Å². The maximum atomic E-state index is 13.0. The van der Waals surface area contributed by atoms with Gasteiger partial charge in [-0.25, -0.2) is 4.98 Å². The zero-order valence-electron chi connectivity index (χ0n) is 18.5. The lowest BCUT2D eigenvalue weighted by molar-refractivity contribution is -0.388. The summed E-state index contributed by atoms with van der Waals surface area (Å²) in [6.07, 6.45) is 1.75. The van der Waals surface area contributed by atoms with E-state index in [4.69, 9.17) is 9.72 Å². The van der Waals surface area contributed by atoms with Crippen molar-refractivity contribution in [3.05, 3.63) is 38.3 Å². The maximum Gasteiger partial charge on any atom is 0.301 e. The molecule has 0 aromatic carbocycles. The van der Waals surface area contributed by atoms with E-state index in [2.05, 4.69) is 31.1 Å². The van der Waals surface area contributed by atoms with E-state index in [1.54, 1.807) is 18.3 Å². The SMILES string of the molecule is COc1ccc([N+](=O)[O-])c(SC(C)C(=O)N2CCC(c3nc(C(C)(C)C)cs3)CC2)n1. The van der Waals surface area contributed by atoms with Crippen molar-refractivity contribution in [1.82, 2.24) is 14.9 Å². The van der Waals surface area contributed by atoms with Gasteiger partial charge in [0.05, 0.1) is 28.0 Å². The molecule has 1 aliphatic heterocycles. The number of nitro groups is 1. The minimum Gasteiger partial charge on any atom is -0.481 e. The molecule has 31 heavy (non-hydrogen) atoms. The summed E-state index contributed by atoms with van der Waals surface area (Å²) in [4.78, 5) is 34.7. The largest absolute Gasteiger partial charge is 0.481 e. The molecule has 3 heterocycles. The molecule has 0 aliphatic carbocycles. The summed E-state index contributed by atoms with van der Waals surface area (Å²) in [5, 5.41) is 14.3. The van der Waals surface area contributed by atoms with Crippen molar-refractivity contribution in [3.63, 3.8) is 0 Å². The number of aromatic nitrogens is 2. The van der Waals surface area contributed by atoms with Crippen LogP contribution >= 0.6 is 23.1 Å². The third-order valence-electron chi connectivity index (χ3n) is 5.30. The van der Waals surface area contributed by atoms with Gasteiger partial charge >= 0.3 is 5.69 Å². The molecule has 0 bridgehead atoms. The first-order valence-corrected chi connectivity index (χ1v) is 12.0. The van der Waals surface area contributed by atoms with E-state index in [0.717, 1.165) is 35.3 Å². The molecule has 1 amide bonds. The molecule has 0 spiro atoms. The lowest BCUT2D eigenvalue weighted by Gasteiger charge is -2.32. The smallest absolute Gasteiger partial charge is 0.301 e. The van der Waals surface area contributed by atoms with Crippen LogP contribution < -0.4 is 4.74 Å². The molecule has 2 aromatic heterocycles. The van der Waals surface area contributed by atoms with E-state index < -0.39 is 10.2 Å². The monoisotopic (exact) mass is 464 g/mol. The number of methoxy groups -OCH3 is 1. The number of amides is 1. The van der Waals surface area contributed by atoms with Crippen LogP contribution in [0, 0.1) is 10.1 Å². The zero-order valence-corrected chi connectivity index (χ0v) is 20.1. The Hall–Kier alpha value is -2.20. The molecular formula is C21H28N4O4S2. The van der Waals surface area contributed by atoms with Crippen LogP contribution in [0.15, 0.2) is 22.5 Å². The van der Waals surface area contributed by atoms with Gasteiger partial charge in [-0.1, -0.05) is 32.5 Å². The van der Waals surface area contributed by atoms with Crippen molar-refractivity contribution in [2.75, 3.05) is 20.2 Å². The normalized spacial score (nSPS) is 16.2.